The number of ether oxygens (including phenoxy) is 1. The van der Waals surface area contributed by atoms with Gasteiger partial charge in [0.1, 0.15) is 12.4 Å². The fourth-order valence-electron chi connectivity index (χ4n) is 3.51. The van der Waals surface area contributed by atoms with Gasteiger partial charge in [-0.2, -0.15) is 0 Å². The molecule has 0 bridgehead atoms. The number of piperidine rings is 1. The molecule has 0 aliphatic carbocycles. The maximum Gasteiger partial charge on any atom is 0.198 e. The monoisotopic (exact) mass is 424 g/mol. The van der Waals surface area contributed by atoms with Gasteiger partial charge in [-0.25, -0.2) is 0 Å². The Hall–Kier alpha value is -2.57. The summed E-state index contributed by atoms with van der Waals surface area (Å²) in [6.07, 6.45) is 2.10. The van der Waals surface area contributed by atoms with Gasteiger partial charge in [0.15, 0.2) is 5.96 Å². The van der Waals surface area contributed by atoms with E-state index in [-0.39, 0.29) is 17.9 Å². The second kappa shape index (κ2) is 11.2. The Morgan fingerprint density at radius 1 is 1.23 bits per heavy atom. The summed E-state index contributed by atoms with van der Waals surface area (Å²) in [6, 6.07) is 18.1. The van der Waals surface area contributed by atoms with Crippen molar-refractivity contribution in [3.05, 3.63) is 60.2 Å². The Labute approximate surface area is 186 Å². The lowest BCUT2D eigenvalue weighted by Crippen LogP contribution is -2.44. The quantitative estimate of drug-likeness (QED) is 0.444. The van der Waals surface area contributed by atoms with Crippen LogP contribution >= 0.6 is 0 Å². The fraction of sp³-hybridized carbons (Fsp3) is 0.480. The molecule has 6 nitrogen and oxygen atoms in total. The maximum absolute atomic E-state index is 9.65. The van der Waals surface area contributed by atoms with Crippen molar-refractivity contribution >= 4 is 11.6 Å². The summed E-state index contributed by atoms with van der Waals surface area (Å²) in [6.45, 7) is 7.92. The van der Waals surface area contributed by atoms with Crippen molar-refractivity contribution in [3.8, 4) is 5.75 Å². The Morgan fingerprint density at radius 3 is 2.77 bits per heavy atom. The SMILES string of the molecule is CC(C)(CN)CN=C(Nc1cccc(OCc2ccccc2)c1)N1CCCC(CO)C1. The zero-order valence-corrected chi connectivity index (χ0v) is 18.8. The van der Waals surface area contributed by atoms with Gasteiger partial charge in [-0.3, -0.25) is 4.99 Å². The van der Waals surface area contributed by atoms with E-state index < -0.39 is 0 Å². The van der Waals surface area contributed by atoms with Gasteiger partial charge in [-0.1, -0.05) is 50.2 Å². The summed E-state index contributed by atoms with van der Waals surface area (Å²) in [5, 5.41) is 13.1. The lowest BCUT2D eigenvalue weighted by Gasteiger charge is -2.35. The van der Waals surface area contributed by atoms with Crippen LogP contribution in [0.1, 0.15) is 32.3 Å². The lowest BCUT2D eigenvalue weighted by atomic mass is 9.94. The molecule has 0 saturated carbocycles. The van der Waals surface area contributed by atoms with Crippen LogP contribution in [0.15, 0.2) is 59.6 Å². The highest BCUT2D eigenvalue weighted by atomic mass is 16.5. The average Bonchev–Trinajstić information content (AvgIpc) is 2.81. The van der Waals surface area contributed by atoms with Gasteiger partial charge in [0, 0.05) is 38.0 Å². The van der Waals surface area contributed by atoms with Gasteiger partial charge in [-0.15, -0.1) is 0 Å². The number of aliphatic hydroxyl groups excluding tert-OH is 1. The number of aliphatic hydroxyl groups is 1. The number of nitrogens with two attached hydrogens (primary N) is 1. The van der Waals surface area contributed by atoms with E-state index in [1.54, 1.807) is 0 Å². The van der Waals surface area contributed by atoms with Crippen LogP contribution < -0.4 is 15.8 Å². The second-order valence-corrected chi connectivity index (χ2v) is 9.07. The standard InChI is InChI=1S/C25H36N4O2/c1-25(2,18-26)19-27-24(29-13-7-10-21(15-29)16-30)28-22-11-6-12-23(14-22)31-17-20-8-4-3-5-9-20/h3-6,8-9,11-12,14,21,30H,7,10,13,15-19,26H2,1-2H3,(H,27,28). The predicted molar refractivity (Wildman–Crippen MR) is 127 cm³/mol. The molecule has 168 valence electrons. The molecule has 1 aliphatic rings. The van der Waals surface area contributed by atoms with Gasteiger partial charge >= 0.3 is 0 Å². The topological polar surface area (TPSA) is 83.1 Å². The van der Waals surface area contributed by atoms with Crippen molar-refractivity contribution in [2.75, 3.05) is 38.1 Å². The third-order valence-electron chi connectivity index (χ3n) is 5.62. The third kappa shape index (κ3) is 7.26. The molecule has 1 fully saturated rings. The number of hydrogen-bond donors (Lipinski definition) is 3. The molecular formula is C25H36N4O2. The minimum Gasteiger partial charge on any atom is -0.489 e. The van der Waals surface area contributed by atoms with Crippen molar-refractivity contribution in [2.45, 2.75) is 33.3 Å². The number of nitrogens with one attached hydrogen (secondary N) is 1. The molecule has 1 unspecified atom stereocenters. The second-order valence-electron chi connectivity index (χ2n) is 9.07. The van der Waals surface area contributed by atoms with E-state index in [9.17, 15) is 5.11 Å². The number of benzene rings is 2. The molecule has 3 rings (SSSR count). The van der Waals surface area contributed by atoms with Gasteiger partial charge in [0.25, 0.3) is 0 Å². The van der Waals surface area contributed by atoms with Crippen LogP contribution in [-0.2, 0) is 6.61 Å². The highest BCUT2D eigenvalue weighted by Gasteiger charge is 2.23. The van der Waals surface area contributed by atoms with E-state index in [0.717, 1.165) is 48.9 Å². The summed E-state index contributed by atoms with van der Waals surface area (Å²) < 4.78 is 5.98. The molecule has 1 aliphatic heterocycles. The van der Waals surface area contributed by atoms with Crippen molar-refractivity contribution in [3.63, 3.8) is 0 Å². The summed E-state index contributed by atoms with van der Waals surface area (Å²) in [5.74, 6) is 1.92. The molecule has 31 heavy (non-hydrogen) atoms. The van der Waals surface area contributed by atoms with Crippen LogP contribution in [0, 0.1) is 11.3 Å². The Bertz CT molecular complexity index is 838. The smallest absolute Gasteiger partial charge is 0.198 e. The first kappa shape index (κ1) is 23.1. The third-order valence-corrected chi connectivity index (χ3v) is 5.62. The maximum atomic E-state index is 9.65. The first-order chi connectivity index (χ1) is 15.0. The molecule has 2 aromatic carbocycles. The number of anilines is 1. The molecule has 0 radical (unpaired) electrons. The van der Waals surface area contributed by atoms with Crippen molar-refractivity contribution < 1.29 is 9.84 Å². The molecule has 2 aromatic rings. The number of guanidine groups is 1. The summed E-state index contributed by atoms with van der Waals surface area (Å²) >= 11 is 0. The normalized spacial score (nSPS) is 17.5. The van der Waals surface area contributed by atoms with Crippen LogP contribution in [0.3, 0.4) is 0 Å². The number of nitrogens with zero attached hydrogens (tertiary/aromatic N) is 2. The molecular weight excluding hydrogens is 388 g/mol. The van der Waals surface area contributed by atoms with Crippen LogP contribution in [0.4, 0.5) is 5.69 Å². The van der Waals surface area contributed by atoms with Gasteiger partial charge in [0.2, 0.25) is 0 Å². The van der Waals surface area contributed by atoms with E-state index >= 15 is 0 Å². The van der Waals surface area contributed by atoms with E-state index in [1.807, 2.05) is 42.5 Å². The number of aliphatic imine (C=N–C) groups is 1. The van der Waals surface area contributed by atoms with Gasteiger partial charge in [-0.05, 0) is 48.4 Å². The Morgan fingerprint density at radius 2 is 2.03 bits per heavy atom. The van der Waals surface area contributed by atoms with E-state index in [4.69, 9.17) is 15.5 Å². The van der Waals surface area contributed by atoms with Crippen LogP contribution in [-0.4, -0.2) is 48.8 Å². The Kier molecular flexibility index (Phi) is 8.32. The predicted octanol–water partition coefficient (Wildman–Crippen LogP) is 3.72. The highest BCUT2D eigenvalue weighted by molar-refractivity contribution is 5.94. The largest absolute Gasteiger partial charge is 0.489 e. The van der Waals surface area contributed by atoms with Crippen molar-refractivity contribution in [1.82, 2.24) is 4.90 Å². The molecule has 1 saturated heterocycles. The van der Waals surface area contributed by atoms with Gasteiger partial charge in [0.05, 0.1) is 0 Å². The lowest BCUT2D eigenvalue weighted by molar-refractivity contribution is 0.160. The van der Waals surface area contributed by atoms with Gasteiger partial charge < -0.3 is 25.8 Å². The number of likely N-dealkylation sites (tertiary alicyclic amines) is 1. The first-order valence-electron chi connectivity index (χ1n) is 11.1. The number of hydrogen-bond acceptors (Lipinski definition) is 4. The van der Waals surface area contributed by atoms with Crippen LogP contribution in [0.2, 0.25) is 0 Å². The molecule has 0 amide bonds. The Balaban J connectivity index is 1.73. The summed E-state index contributed by atoms with van der Waals surface area (Å²) in [5.41, 5.74) is 7.91. The minimum atomic E-state index is -0.0697. The summed E-state index contributed by atoms with van der Waals surface area (Å²) in [7, 11) is 0. The fourth-order valence-corrected chi connectivity index (χ4v) is 3.51. The molecule has 4 N–H and O–H groups in total. The zero-order valence-electron chi connectivity index (χ0n) is 18.8. The molecule has 0 aromatic heterocycles. The minimum absolute atomic E-state index is 0.0697. The van der Waals surface area contributed by atoms with E-state index in [0.29, 0.717) is 19.7 Å². The highest BCUT2D eigenvalue weighted by Crippen LogP contribution is 2.22. The van der Waals surface area contributed by atoms with E-state index in [1.165, 1.54) is 0 Å². The van der Waals surface area contributed by atoms with Crippen LogP contribution in [0.25, 0.3) is 0 Å². The number of rotatable bonds is 8. The first-order valence-corrected chi connectivity index (χ1v) is 11.1. The van der Waals surface area contributed by atoms with Crippen molar-refractivity contribution in [1.29, 1.82) is 0 Å². The molecule has 6 heteroatoms. The van der Waals surface area contributed by atoms with Crippen molar-refractivity contribution in [2.24, 2.45) is 22.1 Å². The summed E-state index contributed by atoms with van der Waals surface area (Å²) in [4.78, 5) is 7.15. The zero-order chi connectivity index (χ0) is 22.1. The molecule has 0 spiro atoms. The molecule has 1 heterocycles. The van der Waals surface area contributed by atoms with Crippen LogP contribution in [0.5, 0.6) is 5.75 Å². The van der Waals surface area contributed by atoms with E-state index in [2.05, 4.69) is 36.2 Å². The molecule has 1 atom stereocenters. The average molecular weight is 425 g/mol.